The Morgan fingerprint density at radius 1 is 1.23 bits per heavy atom. The molecule has 0 spiro atoms. The summed E-state index contributed by atoms with van der Waals surface area (Å²) in [6, 6.07) is 8.37. The molecule has 1 N–H and O–H groups in total. The van der Waals surface area contributed by atoms with Crippen molar-refractivity contribution in [1.29, 1.82) is 0 Å². The van der Waals surface area contributed by atoms with Gasteiger partial charge in [-0.05, 0) is 35.4 Å². The summed E-state index contributed by atoms with van der Waals surface area (Å²) in [6.07, 6.45) is 0.611. The van der Waals surface area contributed by atoms with Gasteiger partial charge in [0.1, 0.15) is 5.69 Å². The number of benzene rings is 2. The van der Waals surface area contributed by atoms with Crippen LogP contribution < -0.4 is 5.32 Å². The Morgan fingerprint density at radius 2 is 2.04 bits per heavy atom. The highest BCUT2D eigenvalue weighted by atomic mass is 32.2. The van der Waals surface area contributed by atoms with Crippen LogP contribution in [0, 0.1) is 0 Å². The Morgan fingerprint density at radius 3 is 2.77 bits per heavy atom. The molecule has 0 radical (unpaired) electrons. The molecule has 134 valence electrons. The zero-order valence-corrected chi connectivity index (χ0v) is 14.8. The summed E-state index contributed by atoms with van der Waals surface area (Å²) in [5.74, 6) is -1.23. The number of aromatic nitrogens is 1. The maximum absolute atomic E-state index is 12.2. The molecule has 0 bridgehead atoms. The van der Waals surface area contributed by atoms with E-state index < -0.39 is 21.7 Å². The molecule has 3 aromatic rings. The molecule has 1 atom stereocenters. The first-order valence-electron chi connectivity index (χ1n) is 8.29. The predicted octanol–water partition coefficient (Wildman–Crippen LogP) is 2.29. The summed E-state index contributed by atoms with van der Waals surface area (Å²) in [4.78, 5) is 23.9. The van der Waals surface area contributed by atoms with Crippen molar-refractivity contribution in [2.24, 2.45) is 0 Å². The average molecular weight is 372 g/mol. The van der Waals surface area contributed by atoms with Gasteiger partial charge >= 0.3 is 0 Å². The molecule has 1 aromatic heterocycles. The van der Waals surface area contributed by atoms with E-state index in [1.54, 1.807) is 37.3 Å². The summed E-state index contributed by atoms with van der Waals surface area (Å²) in [5.41, 5.74) is 0.991. The lowest BCUT2D eigenvalue weighted by Crippen LogP contribution is -2.39. The Labute approximate surface area is 149 Å². The number of nitrogens with zero attached hydrogens (tertiary/aromatic N) is 1. The van der Waals surface area contributed by atoms with Crippen LogP contribution in [-0.4, -0.2) is 31.1 Å². The summed E-state index contributed by atoms with van der Waals surface area (Å²) >= 11 is 0. The van der Waals surface area contributed by atoms with Crippen LogP contribution >= 0.6 is 0 Å². The molecule has 1 unspecified atom stereocenters. The molecule has 7 nitrogen and oxygen atoms in total. The number of amides is 2. The van der Waals surface area contributed by atoms with E-state index in [0.29, 0.717) is 23.1 Å². The topological polar surface area (TPSA) is 106 Å². The van der Waals surface area contributed by atoms with Gasteiger partial charge in [0.25, 0.3) is 0 Å². The van der Waals surface area contributed by atoms with Crippen LogP contribution in [0.25, 0.3) is 21.7 Å². The highest BCUT2D eigenvalue weighted by Gasteiger charge is 2.32. The number of rotatable bonds is 3. The molecule has 1 aliphatic heterocycles. The molecule has 2 amide bonds. The van der Waals surface area contributed by atoms with Crippen LogP contribution in [-0.2, 0) is 19.4 Å². The zero-order chi connectivity index (χ0) is 18.5. The third-order valence-corrected chi connectivity index (χ3v) is 6.49. The van der Waals surface area contributed by atoms with Gasteiger partial charge in [0.15, 0.2) is 15.4 Å². The van der Waals surface area contributed by atoms with Gasteiger partial charge in [-0.2, -0.15) is 0 Å². The second kappa shape index (κ2) is 5.91. The Hall–Kier alpha value is -2.74. The van der Waals surface area contributed by atoms with Gasteiger partial charge in [0.05, 0.1) is 22.0 Å². The van der Waals surface area contributed by atoms with E-state index in [9.17, 15) is 18.0 Å². The van der Waals surface area contributed by atoms with Crippen molar-refractivity contribution in [3.63, 3.8) is 0 Å². The third kappa shape index (κ3) is 2.57. The smallest absolute Gasteiger partial charge is 0.235 e. The number of imide groups is 1. The number of fused-ring (bicyclic) bond motifs is 3. The predicted molar refractivity (Wildman–Crippen MR) is 94.4 cm³/mol. The van der Waals surface area contributed by atoms with Crippen LogP contribution in [0.5, 0.6) is 0 Å². The zero-order valence-electron chi connectivity index (χ0n) is 14.0. The molecule has 0 aliphatic carbocycles. The van der Waals surface area contributed by atoms with Crippen LogP contribution in [0.2, 0.25) is 0 Å². The van der Waals surface area contributed by atoms with Crippen molar-refractivity contribution in [3.8, 4) is 0 Å². The molecular weight excluding hydrogens is 356 g/mol. The van der Waals surface area contributed by atoms with Crippen LogP contribution in [0.1, 0.15) is 31.4 Å². The van der Waals surface area contributed by atoms with Gasteiger partial charge in [-0.3, -0.25) is 14.9 Å². The number of carbonyl (C=O) groups excluding carboxylic acids is 2. The molecule has 2 aromatic carbocycles. The van der Waals surface area contributed by atoms with Gasteiger partial charge in [0.2, 0.25) is 11.8 Å². The van der Waals surface area contributed by atoms with Crippen molar-refractivity contribution in [2.75, 3.05) is 5.75 Å². The van der Waals surface area contributed by atoms with Crippen LogP contribution in [0.4, 0.5) is 0 Å². The first-order chi connectivity index (χ1) is 12.4. The largest absolute Gasteiger partial charge is 0.356 e. The molecular formula is C18H16N2O5S. The molecule has 1 saturated heterocycles. The van der Waals surface area contributed by atoms with Gasteiger partial charge in [-0.25, -0.2) is 8.42 Å². The number of hydrogen-bond donors (Lipinski definition) is 1. The van der Waals surface area contributed by atoms with E-state index in [1.165, 1.54) is 0 Å². The first kappa shape index (κ1) is 16.7. The fraction of sp³-hybridized carbons (Fsp3) is 0.278. The number of piperidine rings is 1. The molecule has 0 saturated carbocycles. The van der Waals surface area contributed by atoms with E-state index in [-0.39, 0.29) is 23.0 Å². The van der Waals surface area contributed by atoms with Crippen molar-refractivity contribution < 1.29 is 22.5 Å². The molecule has 8 heteroatoms. The number of hydrogen-bond acceptors (Lipinski definition) is 6. The van der Waals surface area contributed by atoms with Crippen LogP contribution in [0.15, 0.2) is 39.8 Å². The second-order valence-corrected chi connectivity index (χ2v) is 8.57. The van der Waals surface area contributed by atoms with Gasteiger partial charge in [-0.15, -0.1) is 0 Å². The third-order valence-electron chi connectivity index (χ3n) is 4.76. The minimum atomic E-state index is -3.32. The fourth-order valence-electron chi connectivity index (χ4n) is 3.32. The number of nitrogens with one attached hydrogen (secondary N) is 1. The Kier molecular flexibility index (Phi) is 3.80. The summed E-state index contributed by atoms with van der Waals surface area (Å²) in [7, 11) is -3.32. The second-order valence-electron chi connectivity index (χ2n) is 6.30. The quantitative estimate of drug-likeness (QED) is 0.707. The van der Waals surface area contributed by atoms with Crippen molar-refractivity contribution in [3.05, 3.63) is 36.0 Å². The molecule has 4 rings (SSSR count). The highest BCUT2D eigenvalue weighted by molar-refractivity contribution is 7.91. The highest BCUT2D eigenvalue weighted by Crippen LogP contribution is 2.35. The van der Waals surface area contributed by atoms with Crippen molar-refractivity contribution in [1.82, 2.24) is 10.5 Å². The van der Waals surface area contributed by atoms with E-state index >= 15 is 0 Å². The molecule has 1 fully saturated rings. The summed E-state index contributed by atoms with van der Waals surface area (Å²) in [5, 5.41) is 8.56. The van der Waals surface area contributed by atoms with Gasteiger partial charge in [0, 0.05) is 6.42 Å². The summed E-state index contributed by atoms with van der Waals surface area (Å²) in [6.45, 7) is 1.60. The van der Waals surface area contributed by atoms with E-state index in [4.69, 9.17) is 4.52 Å². The Bertz CT molecular complexity index is 1160. The van der Waals surface area contributed by atoms with Gasteiger partial charge < -0.3 is 4.52 Å². The lowest BCUT2D eigenvalue weighted by atomic mass is 9.91. The lowest BCUT2D eigenvalue weighted by Gasteiger charge is -2.19. The first-order valence-corrected chi connectivity index (χ1v) is 9.94. The Balaban J connectivity index is 1.91. The van der Waals surface area contributed by atoms with Crippen molar-refractivity contribution in [2.45, 2.75) is 30.6 Å². The van der Waals surface area contributed by atoms with Crippen LogP contribution in [0.3, 0.4) is 0 Å². The minimum Gasteiger partial charge on any atom is -0.356 e. The average Bonchev–Trinajstić information content (AvgIpc) is 3.05. The SMILES string of the molecule is CCS(=O)(=O)c1ccc2c(ccc3onc(C4CCC(=O)NC4=O)c32)c1. The fourth-order valence-corrected chi connectivity index (χ4v) is 4.24. The maximum Gasteiger partial charge on any atom is 0.235 e. The van der Waals surface area contributed by atoms with Gasteiger partial charge in [-0.1, -0.05) is 24.2 Å². The lowest BCUT2D eigenvalue weighted by molar-refractivity contribution is -0.134. The number of carbonyl (C=O) groups is 2. The molecule has 1 aliphatic rings. The van der Waals surface area contributed by atoms with E-state index in [1.807, 2.05) is 0 Å². The summed E-state index contributed by atoms with van der Waals surface area (Å²) < 4.78 is 29.6. The minimum absolute atomic E-state index is 0.0234. The molecule has 2 heterocycles. The van der Waals surface area contributed by atoms with E-state index in [0.717, 1.165) is 10.8 Å². The molecule has 26 heavy (non-hydrogen) atoms. The monoisotopic (exact) mass is 372 g/mol. The standard InChI is InChI=1S/C18H16N2O5S/c1-2-26(23,24)11-4-5-12-10(9-11)3-7-14-16(12)17(20-25-14)13-6-8-15(21)19-18(13)22/h3-5,7,9,13H,2,6,8H2,1H3,(H,19,21,22). The van der Waals surface area contributed by atoms with E-state index in [2.05, 4.69) is 10.5 Å². The normalized spacial score (nSPS) is 18.4. The van der Waals surface area contributed by atoms with Crippen molar-refractivity contribution >= 4 is 43.4 Å². The number of sulfone groups is 1. The maximum atomic E-state index is 12.2.